The molecule has 0 aromatic rings. The number of aliphatic hydroxyl groups excluding tert-OH is 4. The molecule has 0 aliphatic carbocycles. The van der Waals surface area contributed by atoms with E-state index in [2.05, 4.69) is 117 Å². The van der Waals surface area contributed by atoms with Crippen molar-refractivity contribution in [2.24, 2.45) is 0 Å². The maximum Gasteiger partial charge on any atom is 0.154 e. The third-order valence-electron chi connectivity index (χ3n) is 10.3. The first-order valence-electron chi connectivity index (χ1n) is 19.8. The molecule has 16 heteroatoms. The highest BCUT2D eigenvalue weighted by Gasteiger charge is 2.42. The lowest BCUT2D eigenvalue weighted by atomic mass is 10.1. The molecule has 0 radical (unpaired) electrons. The van der Waals surface area contributed by atoms with E-state index in [1.807, 2.05) is 20.8 Å². The molecular formula is C41H84BrClFIO8P4. The van der Waals surface area contributed by atoms with Gasteiger partial charge in [0.05, 0.1) is 81.3 Å². The van der Waals surface area contributed by atoms with Crippen LogP contribution in [-0.4, -0.2) is 217 Å². The van der Waals surface area contributed by atoms with Crippen molar-refractivity contribution < 1.29 is 43.8 Å². The summed E-state index contributed by atoms with van der Waals surface area (Å²) in [5.41, 5.74) is 0. The average Bonchev–Trinajstić information content (AvgIpc) is 3.66. The van der Waals surface area contributed by atoms with Gasteiger partial charge < -0.3 is 39.4 Å². The van der Waals surface area contributed by atoms with Crippen LogP contribution < -0.4 is 0 Å². The van der Waals surface area contributed by atoms with Crippen LogP contribution in [0.5, 0.6) is 0 Å². The SMILES string of the molecule is C.C=P(C)(C)CCC1O[C@@H](C)C(Br)[C@@H]1O.C=P(C)(C)CCC1O[C@@H](C)C(Cl)[C@@H]1O.C=P(C)(C)CCC1O[C@@H](C)C(F)[C@@H]1O.C=P(C)(C)CCC1O[C@@H](C)C(I)[C@@H]1O. The van der Waals surface area contributed by atoms with E-state index in [-0.39, 0.29) is 76.5 Å². The highest BCUT2D eigenvalue weighted by Crippen LogP contribution is 2.41. The Balaban J connectivity index is 0.000000729. The molecule has 4 aliphatic heterocycles. The second-order valence-corrected chi connectivity index (χ2v) is 39.3. The van der Waals surface area contributed by atoms with Crippen molar-refractivity contribution in [3.8, 4) is 0 Å². The Hall–Kier alpha value is 2.31. The van der Waals surface area contributed by atoms with Gasteiger partial charge in [0.1, 0.15) is 6.10 Å². The Morgan fingerprint density at radius 2 is 0.842 bits per heavy atom. The number of halogens is 4. The summed E-state index contributed by atoms with van der Waals surface area (Å²) in [5, 5.41) is 38.7. The molecule has 4 aliphatic rings. The summed E-state index contributed by atoms with van der Waals surface area (Å²) in [7, 11) is 0. The van der Waals surface area contributed by atoms with Crippen LogP contribution in [0, 0.1) is 0 Å². The molecule has 0 bridgehead atoms. The summed E-state index contributed by atoms with van der Waals surface area (Å²) in [6, 6.07) is 0. The van der Waals surface area contributed by atoms with E-state index < -0.39 is 52.0 Å². The summed E-state index contributed by atoms with van der Waals surface area (Å²) < 4.78 is 35.8. The quantitative estimate of drug-likeness (QED) is 0.0882. The Labute approximate surface area is 376 Å². The molecule has 4 N–H and O–H groups in total. The molecule has 344 valence electrons. The Morgan fingerprint density at radius 3 is 1.09 bits per heavy atom. The highest BCUT2D eigenvalue weighted by atomic mass is 127. The van der Waals surface area contributed by atoms with Crippen molar-refractivity contribution in [3.63, 3.8) is 0 Å². The van der Waals surface area contributed by atoms with Crippen LogP contribution in [-0.2, 0) is 18.9 Å². The lowest BCUT2D eigenvalue weighted by Crippen LogP contribution is -2.28. The fraction of sp³-hybridized carbons (Fsp3) is 0.902. The zero-order valence-electron chi connectivity index (χ0n) is 36.4. The van der Waals surface area contributed by atoms with Gasteiger partial charge in [-0.1, -0.05) is 45.9 Å². The van der Waals surface area contributed by atoms with Gasteiger partial charge in [-0.2, -0.15) is 0 Å². The molecule has 4 heterocycles. The van der Waals surface area contributed by atoms with Gasteiger partial charge in [-0.3, -0.25) is 0 Å². The molecular weight excluding hydrogens is 1010 g/mol. The Bertz CT molecular complexity index is 1160. The summed E-state index contributed by atoms with van der Waals surface area (Å²) >= 11 is 11.7. The van der Waals surface area contributed by atoms with Gasteiger partial charge >= 0.3 is 0 Å². The van der Waals surface area contributed by atoms with E-state index in [0.29, 0.717) is 0 Å². The molecule has 8 unspecified atom stereocenters. The lowest BCUT2D eigenvalue weighted by molar-refractivity contribution is 0.0150. The number of alkyl halides is 4. The minimum atomic E-state index is -1.23. The van der Waals surface area contributed by atoms with E-state index in [1.165, 1.54) is 0 Å². The molecule has 57 heavy (non-hydrogen) atoms. The van der Waals surface area contributed by atoms with Gasteiger partial charge in [0.25, 0.3) is 0 Å². The summed E-state index contributed by atoms with van der Waals surface area (Å²) in [5.74, 6) is 0. The predicted molar refractivity (Wildman–Crippen MR) is 275 cm³/mol. The van der Waals surface area contributed by atoms with Crippen LogP contribution in [0.2, 0.25) is 0 Å². The van der Waals surface area contributed by atoms with Crippen LogP contribution in [0.4, 0.5) is 4.39 Å². The van der Waals surface area contributed by atoms with E-state index in [1.54, 1.807) is 6.92 Å². The van der Waals surface area contributed by atoms with Crippen LogP contribution in [0.25, 0.3) is 0 Å². The van der Waals surface area contributed by atoms with Crippen molar-refractivity contribution >= 4 is 103 Å². The van der Waals surface area contributed by atoms with Crippen LogP contribution >= 0.6 is 77.7 Å². The normalized spacial score (nSPS) is 38.2. The molecule has 4 saturated heterocycles. The smallest absolute Gasteiger partial charge is 0.154 e. The highest BCUT2D eigenvalue weighted by molar-refractivity contribution is 14.1. The topological polar surface area (TPSA) is 118 Å². The second-order valence-electron chi connectivity index (χ2n) is 19.1. The fourth-order valence-corrected chi connectivity index (χ4v) is 11.7. The number of rotatable bonds is 12. The zero-order chi connectivity index (χ0) is 43.7. The average molecular weight is 1090 g/mol. The lowest BCUT2D eigenvalue weighted by Gasteiger charge is -2.18. The third kappa shape index (κ3) is 22.7. The van der Waals surface area contributed by atoms with Gasteiger partial charge in [0.2, 0.25) is 0 Å². The second kappa shape index (κ2) is 25.7. The fourth-order valence-electron chi connectivity index (χ4n) is 6.52. The monoisotopic (exact) mass is 1090 g/mol. The van der Waals surface area contributed by atoms with Gasteiger partial charge in [-0.15, -0.1) is 64.3 Å². The molecule has 4 rings (SSSR count). The van der Waals surface area contributed by atoms with E-state index >= 15 is 0 Å². The standard InChI is InChI=1S/C10H20BrO2P.C10H20ClO2P.C10H20FO2P.C10H20IO2P.CH4/c4*1-7-9(11)10(12)8(13-7)5-6-14(2,3)4;/h4*7-10,12H,2,5-6H2,1,3-4H3;1H4/t4*7-,8?,9?,10+;/m0000./s1. The summed E-state index contributed by atoms with van der Waals surface area (Å²) in [6.07, 6.45) is 20.2. The van der Waals surface area contributed by atoms with E-state index in [9.17, 15) is 24.8 Å². The van der Waals surface area contributed by atoms with Crippen LogP contribution in [0.1, 0.15) is 60.8 Å². The third-order valence-corrected chi connectivity index (χ3v) is 19.8. The van der Waals surface area contributed by atoms with Gasteiger partial charge in [0.15, 0.2) is 6.17 Å². The maximum atomic E-state index is 13.2. The first-order valence-corrected chi connectivity index (χ1v) is 34.7. The zero-order valence-corrected chi connectivity index (χ0v) is 44.5. The first-order chi connectivity index (χ1) is 25.2. The van der Waals surface area contributed by atoms with Crippen molar-refractivity contribution in [2.45, 2.75) is 154 Å². The number of aliphatic hydroxyl groups is 4. The van der Waals surface area contributed by atoms with Crippen LogP contribution in [0.3, 0.4) is 0 Å². The predicted octanol–water partition coefficient (Wildman–Crippen LogP) is 8.08. The Morgan fingerprint density at radius 1 is 0.544 bits per heavy atom. The molecule has 4 fully saturated rings. The number of hydrogen-bond acceptors (Lipinski definition) is 8. The molecule has 0 spiro atoms. The number of hydrogen-bond donors (Lipinski definition) is 4. The maximum absolute atomic E-state index is 13.2. The van der Waals surface area contributed by atoms with E-state index in [4.69, 9.17) is 30.5 Å². The number of ether oxygens (including phenoxy) is 4. The molecule has 16 atom stereocenters. The molecule has 0 aromatic heterocycles. The summed E-state index contributed by atoms with van der Waals surface area (Å²) in [4.78, 5) is 0.0822. The molecule has 0 saturated carbocycles. The molecule has 0 amide bonds. The van der Waals surface area contributed by atoms with Gasteiger partial charge in [-0.05, 0) is 131 Å². The van der Waals surface area contributed by atoms with E-state index in [0.717, 1.165) is 50.3 Å². The van der Waals surface area contributed by atoms with Gasteiger partial charge in [0, 0.05) is 0 Å². The van der Waals surface area contributed by atoms with Crippen molar-refractivity contribution in [1.82, 2.24) is 0 Å². The minimum Gasteiger partial charge on any atom is -0.389 e. The first kappa shape index (κ1) is 59.3. The summed E-state index contributed by atoms with van der Waals surface area (Å²) in [6.45, 7) is 21.0. The molecule has 0 aromatic carbocycles. The Kier molecular flexibility index (Phi) is 26.8. The minimum absolute atomic E-state index is 0. The largest absolute Gasteiger partial charge is 0.389 e. The van der Waals surface area contributed by atoms with Crippen molar-refractivity contribution in [3.05, 3.63) is 0 Å². The van der Waals surface area contributed by atoms with Gasteiger partial charge in [-0.25, -0.2) is 4.39 Å². The molecule has 8 nitrogen and oxygen atoms in total. The van der Waals surface area contributed by atoms with Crippen molar-refractivity contribution in [1.29, 1.82) is 0 Å². The van der Waals surface area contributed by atoms with Crippen molar-refractivity contribution in [2.75, 3.05) is 78.0 Å². The van der Waals surface area contributed by atoms with Crippen LogP contribution in [0.15, 0.2) is 0 Å².